The highest BCUT2D eigenvalue weighted by molar-refractivity contribution is 8.00. The summed E-state index contributed by atoms with van der Waals surface area (Å²) in [6.45, 7) is 0. The van der Waals surface area contributed by atoms with E-state index < -0.39 is 10.8 Å². The van der Waals surface area contributed by atoms with E-state index in [9.17, 15) is 9.90 Å². The van der Waals surface area contributed by atoms with Crippen LogP contribution in [0.1, 0.15) is 22.4 Å². The number of amides is 1. The minimum Gasteiger partial charge on any atom is -0.465 e. The van der Waals surface area contributed by atoms with Crippen molar-refractivity contribution in [2.24, 2.45) is 0 Å². The monoisotopic (exact) mass is 460 g/mol. The van der Waals surface area contributed by atoms with Gasteiger partial charge < -0.3 is 10.4 Å². The molecule has 1 amide bonds. The van der Waals surface area contributed by atoms with Gasteiger partial charge in [-0.1, -0.05) is 91.0 Å². The lowest BCUT2D eigenvalue weighted by Gasteiger charge is -2.36. The maximum atomic E-state index is 11.5. The average Bonchev–Trinajstić information content (AvgIpc) is 3.34. The molecule has 0 saturated heterocycles. The van der Waals surface area contributed by atoms with Crippen LogP contribution in [0, 0.1) is 0 Å². The third-order valence-corrected chi connectivity index (χ3v) is 7.65. The van der Waals surface area contributed by atoms with Crippen molar-refractivity contribution in [2.45, 2.75) is 17.2 Å². The van der Waals surface area contributed by atoms with Crippen LogP contribution in [0.25, 0.3) is 0 Å². The number of carbonyl (C=O) groups is 1. The van der Waals surface area contributed by atoms with Gasteiger partial charge >= 0.3 is 6.09 Å². The van der Waals surface area contributed by atoms with E-state index in [-0.39, 0.29) is 6.04 Å². The zero-order valence-corrected chi connectivity index (χ0v) is 19.1. The van der Waals surface area contributed by atoms with Crippen molar-refractivity contribution in [1.29, 1.82) is 0 Å². The van der Waals surface area contributed by atoms with Crippen LogP contribution in [0.3, 0.4) is 0 Å². The Hall–Kier alpha value is -3.09. The smallest absolute Gasteiger partial charge is 0.404 e. The first-order valence-corrected chi connectivity index (χ1v) is 12.3. The van der Waals surface area contributed by atoms with Crippen LogP contribution in [0.15, 0.2) is 102 Å². The standard InChI is InChI=1S/C26H24N2O2S2/c29-25(30)28-24(16-23-17-31-19-27-23)18-32-26(20-10-4-1-5-11-20,21-12-6-2-7-13-21)22-14-8-3-9-15-22/h1-15,17,19,24,28H,16,18H2,(H,29,30)/t24-/m0/s1. The number of hydrogen-bond donors (Lipinski definition) is 2. The summed E-state index contributed by atoms with van der Waals surface area (Å²) in [5, 5.41) is 14.1. The molecule has 0 aliphatic carbocycles. The summed E-state index contributed by atoms with van der Waals surface area (Å²) in [6.07, 6.45) is -0.465. The van der Waals surface area contributed by atoms with Crippen LogP contribution >= 0.6 is 23.1 Å². The number of aromatic nitrogens is 1. The van der Waals surface area contributed by atoms with Gasteiger partial charge in [-0.25, -0.2) is 9.78 Å². The van der Waals surface area contributed by atoms with E-state index >= 15 is 0 Å². The Bertz CT molecular complexity index is 1010. The van der Waals surface area contributed by atoms with E-state index in [4.69, 9.17) is 0 Å². The number of carboxylic acid groups (broad SMARTS) is 1. The highest BCUT2D eigenvalue weighted by Gasteiger charge is 2.37. The van der Waals surface area contributed by atoms with Gasteiger partial charge in [-0.15, -0.1) is 23.1 Å². The van der Waals surface area contributed by atoms with Gasteiger partial charge in [-0.05, 0) is 16.7 Å². The first-order chi connectivity index (χ1) is 15.7. The number of rotatable bonds is 9. The Morgan fingerprint density at radius 1 is 0.906 bits per heavy atom. The summed E-state index contributed by atoms with van der Waals surface area (Å²) in [7, 11) is 0. The maximum Gasteiger partial charge on any atom is 0.404 e. The van der Waals surface area contributed by atoms with E-state index in [1.807, 2.05) is 23.6 Å². The van der Waals surface area contributed by atoms with Gasteiger partial charge in [0.15, 0.2) is 0 Å². The van der Waals surface area contributed by atoms with E-state index in [0.717, 1.165) is 22.4 Å². The van der Waals surface area contributed by atoms with E-state index in [2.05, 4.69) is 83.1 Å². The molecule has 0 unspecified atom stereocenters. The molecule has 0 radical (unpaired) electrons. The summed E-state index contributed by atoms with van der Waals surface area (Å²) in [5.41, 5.74) is 6.15. The summed E-state index contributed by atoms with van der Waals surface area (Å²) >= 11 is 3.27. The molecule has 0 spiro atoms. The zero-order chi connectivity index (χ0) is 22.2. The fraction of sp³-hybridized carbons (Fsp3) is 0.154. The molecule has 0 bridgehead atoms. The molecule has 4 aromatic rings. The number of thiazole rings is 1. The van der Waals surface area contributed by atoms with Gasteiger partial charge in [0.1, 0.15) is 0 Å². The van der Waals surface area contributed by atoms with Gasteiger partial charge in [0, 0.05) is 23.6 Å². The first-order valence-electron chi connectivity index (χ1n) is 10.4. The molecule has 4 nitrogen and oxygen atoms in total. The van der Waals surface area contributed by atoms with Gasteiger partial charge in [-0.3, -0.25) is 0 Å². The van der Waals surface area contributed by atoms with E-state index in [1.165, 1.54) is 11.3 Å². The molecule has 1 aromatic heterocycles. The Labute approximate surface area is 196 Å². The molecule has 2 N–H and O–H groups in total. The van der Waals surface area contributed by atoms with Crippen molar-refractivity contribution < 1.29 is 9.90 Å². The Balaban J connectivity index is 1.77. The van der Waals surface area contributed by atoms with Crippen LogP contribution < -0.4 is 5.32 Å². The third-order valence-electron chi connectivity index (χ3n) is 5.31. The molecular weight excluding hydrogens is 436 g/mol. The lowest BCUT2D eigenvalue weighted by Crippen LogP contribution is -2.39. The van der Waals surface area contributed by atoms with Gasteiger partial charge in [-0.2, -0.15) is 0 Å². The lowest BCUT2D eigenvalue weighted by atomic mass is 9.84. The summed E-state index contributed by atoms with van der Waals surface area (Å²) in [4.78, 5) is 15.9. The van der Waals surface area contributed by atoms with Crippen molar-refractivity contribution in [3.63, 3.8) is 0 Å². The minimum atomic E-state index is -1.02. The van der Waals surface area contributed by atoms with Gasteiger partial charge in [0.05, 0.1) is 16.0 Å². The summed E-state index contributed by atoms with van der Waals surface area (Å²) < 4.78 is -0.482. The fourth-order valence-corrected chi connectivity index (χ4v) is 6.04. The minimum absolute atomic E-state index is 0.268. The van der Waals surface area contributed by atoms with Crippen molar-refractivity contribution in [2.75, 3.05) is 5.75 Å². The first kappa shape index (κ1) is 22.1. The second-order valence-corrected chi connectivity index (χ2v) is 9.37. The Morgan fingerprint density at radius 3 is 1.81 bits per heavy atom. The largest absolute Gasteiger partial charge is 0.465 e. The summed E-state index contributed by atoms with van der Waals surface area (Å²) in [5.74, 6) is 0.586. The molecule has 4 rings (SSSR count). The number of nitrogens with zero attached hydrogens (tertiary/aromatic N) is 1. The molecule has 0 aliphatic rings. The normalized spacial score (nSPS) is 12.2. The second-order valence-electron chi connectivity index (χ2n) is 7.42. The predicted octanol–water partition coefficient (Wildman–Crippen LogP) is 6.05. The van der Waals surface area contributed by atoms with E-state index in [1.54, 1.807) is 17.3 Å². The zero-order valence-electron chi connectivity index (χ0n) is 17.4. The lowest BCUT2D eigenvalue weighted by molar-refractivity contribution is 0.191. The van der Waals surface area contributed by atoms with Crippen LogP contribution in [-0.4, -0.2) is 28.0 Å². The topological polar surface area (TPSA) is 62.2 Å². The number of thioether (sulfide) groups is 1. The SMILES string of the molecule is O=C(O)N[C@H](CSC(c1ccccc1)(c1ccccc1)c1ccccc1)Cc1cscn1. The Morgan fingerprint density at radius 2 is 1.41 bits per heavy atom. The number of nitrogens with one attached hydrogen (secondary N) is 1. The van der Waals surface area contributed by atoms with Crippen molar-refractivity contribution in [3.8, 4) is 0 Å². The molecule has 162 valence electrons. The molecule has 1 heterocycles. The van der Waals surface area contributed by atoms with Gasteiger partial charge in [0.25, 0.3) is 0 Å². The molecular formula is C26H24N2O2S2. The van der Waals surface area contributed by atoms with Gasteiger partial charge in [0.2, 0.25) is 0 Å². The molecule has 6 heteroatoms. The number of benzene rings is 3. The van der Waals surface area contributed by atoms with E-state index in [0.29, 0.717) is 12.2 Å². The molecule has 0 saturated carbocycles. The third kappa shape index (κ3) is 5.03. The maximum absolute atomic E-state index is 11.5. The van der Waals surface area contributed by atoms with Crippen LogP contribution in [0.2, 0.25) is 0 Å². The van der Waals surface area contributed by atoms with Crippen molar-refractivity contribution in [3.05, 3.63) is 124 Å². The van der Waals surface area contributed by atoms with Crippen molar-refractivity contribution in [1.82, 2.24) is 10.3 Å². The molecule has 0 aliphatic heterocycles. The molecule has 3 aromatic carbocycles. The molecule has 1 atom stereocenters. The molecule has 32 heavy (non-hydrogen) atoms. The van der Waals surface area contributed by atoms with Crippen molar-refractivity contribution >= 4 is 29.2 Å². The Kier molecular flexibility index (Phi) is 7.24. The predicted molar refractivity (Wildman–Crippen MR) is 132 cm³/mol. The number of hydrogen-bond acceptors (Lipinski definition) is 4. The van der Waals surface area contributed by atoms with Crippen LogP contribution in [0.5, 0.6) is 0 Å². The van der Waals surface area contributed by atoms with Crippen LogP contribution in [-0.2, 0) is 11.2 Å². The summed E-state index contributed by atoms with van der Waals surface area (Å²) in [6, 6.07) is 31.0. The van der Waals surface area contributed by atoms with Crippen LogP contribution in [0.4, 0.5) is 4.79 Å². The highest BCUT2D eigenvalue weighted by atomic mass is 32.2. The molecule has 0 fully saturated rings. The second kappa shape index (κ2) is 10.5. The average molecular weight is 461 g/mol. The fourth-order valence-electron chi connectivity index (χ4n) is 3.91. The highest BCUT2D eigenvalue weighted by Crippen LogP contribution is 2.48. The quantitative estimate of drug-likeness (QED) is 0.299.